The summed E-state index contributed by atoms with van der Waals surface area (Å²) in [7, 11) is 0. The minimum atomic E-state index is -0.589. The largest absolute Gasteiger partial charge is 0.299 e. The van der Waals surface area contributed by atoms with Crippen LogP contribution in [-0.4, -0.2) is 5.78 Å². The Labute approximate surface area is 50.8 Å². The van der Waals surface area contributed by atoms with E-state index in [1.165, 1.54) is 0 Å². The summed E-state index contributed by atoms with van der Waals surface area (Å²) in [5, 5.41) is 0. The summed E-state index contributed by atoms with van der Waals surface area (Å²) < 4.78 is 7.17. The van der Waals surface area contributed by atoms with Gasteiger partial charge in [0.05, 0.1) is 0 Å². The predicted octanol–water partition coefficient (Wildman–Crippen LogP) is 1.54. The highest BCUT2D eigenvalue weighted by Crippen LogP contribution is 2.12. The van der Waals surface area contributed by atoms with Gasteiger partial charge in [0.15, 0.2) is 0 Å². The maximum Gasteiger partial charge on any atom is 0.139 e. The van der Waals surface area contributed by atoms with E-state index in [2.05, 4.69) is 0 Å². The van der Waals surface area contributed by atoms with Crippen LogP contribution in [0.25, 0.3) is 0 Å². The van der Waals surface area contributed by atoms with Crippen molar-refractivity contribution in [2.24, 2.45) is 5.92 Å². The van der Waals surface area contributed by atoms with E-state index in [-0.39, 0.29) is 11.7 Å². The molecule has 0 aromatic rings. The summed E-state index contributed by atoms with van der Waals surface area (Å²) in [6, 6.07) is 0. The third-order valence-corrected chi connectivity index (χ3v) is 1.37. The van der Waals surface area contributed by atoms with Crippen LogP contribution in [0.1, 0.15) is 21.1 Å². The van der Waals surface area contributed by atoms with E-state index in [1.54, 1.807) is 6.08 Å². The second-order valence-electron chi connectivity index (χ2n) is 2.13. The zero-order valence-electron chi connectivity index (χ0n) is 5.92. The van der Waals surface area contributed by atoms with Crippen molar-refractivity contribution in [2.45, 2.75) is 19.7 Å². The number of carbonyl (C=O) groups excluding carboxylic acids is 1. The third kappa shape index (κ3) is 0.971. The van der Waals surface area contributed by atoms with Gasteiger partial charge in [0.1, 0.15) is 5.78 Å². The first-order valence-corrected chi connectivity index (χ1v) is 2.84. The van der Waals surface area contributed by atoms with E-state index >= 15 is 0 Å². The molecule has 1 aliphatic carbocycles. The first-order valence-electron chi connectivity index (χ1n) is 3.42. The van der Waals surface area contributed by atoms with Gasteiger partial charge in [-0.25, -0.2) is 0 Å². The lowest BCUT2D eigenvalue weighted by Crippen LogP contribution is -2.11. The second kappa shape index (κ2) is 2.12. The number of hydrogen-bond acceptors (Lipinski definition) is 1. The highest BCUT2D eigenvalue weighted by molar-refractivity contribution is 5.83. The molecule has 0 radical (unpaired) electrons. The minimum absolute atomic E-state index is 0.0532. The lowest BCUT2D eigenvalue weighted by atomic mass is 9.95. The Morgan fingerprint density at radius 3 is 3.12 bits per heavy atom. The molecule has 2 unspecified atom stereocenters. The van der Waals surface area contributed by atoms with Gasteiger partial charge in [0, 0.05) is 13.7 Å². The van der Waals surface area contributed by atoms with E-state index in [1.807, 2.05) is 13.0 Å². The van der Waals surface area contributed by atoms with Crippen LogP contribution in [0.4, 0.5) is 0 Å². The van der Waals surface area contributed by atoms with Crippen LogP contribution in [0.2, 0.25) is 0 Å². The van der Waals surface area contributed by atoms with E-state index in [4.69, 9.17) is 1.37 Å². The molecule has 0 fully saturated rings. The van der Waals surface area contributed by atoms with Gasteiger partial charge in [-0.2, -0.15) is 0 Å². The molecule has 44 valence electrons. The predicted molar refractivity (Wildman–Crippen MR) is 32.5 cm³/mol. The molecular weight excluding hydrogens is 100 g/mol. The Bertz CT molecular complexity index is 151. The van der Waals surface area contributed by atoms with Gasteiger partial charge >= 0.3 is 0 Å². The molecule has 0 amide bonds. The molecule has 0 spiro atoms. The first kappa shape index (κ1) is 4.30. The van der Waals surface area contributed by atoms with Crippen molar-refractivity contribution in [2.75, 3.05) is 0 Å². The molecule has 1 heteroatoms. The number of Topliss-reactive ketones (excluding diaryl/α,β-unsaturated/α-hetero) is 1. The van der Waals surface area contributed by atoms with Crippen molar-refractivity contribution < 1.29 is 6.17 Å². The molecule has 0 saturated heterocycles. The zero-order valence-corrected chi connectivity index (χ0v) is 4.92. The smallest absolute Gasteiger partial charge is 0.139 e. The number of ketones is 1. The van der Waals surface area contributed by atoms with Crippen molar-refractivity contribution in [1.82, 2.24) is 0 Å². The van der Waals surface area contributed by atoms with Gasteiger partial charge in [0.2, 0.25) is 0 Å². The van der Waals surface area contributed by atoms with Crippen molar-refractivity contribution in [1.29, 1.82) is 0 Å². The highest BCUT2D eigenvalue weighted by atomic mass is 16.1. The molecule has 8 heavy (non-hydrogen) atoms. The molecule has 0 saturated carbocycles. The minimum Gasteiger partial charge on any atom is -0.299 e. The van der Waals surface area contributed by atoms with Crippen LogP contribution in [0.3, 0.4) is 0 Å². The van der Waals surface area contributed by atoms with Crippen molar-refractivity contribution in [3.8, 4) is 0 Å². The summed E-state index contributed by atoms with van der Waals surface area (Å²) in [5.41, 5.74) is 0. The average Bonchev–Trinajstić information content (AvgIpc) is 1.83. The van der Waals surface area contributed by atoms with Gasteiger partial charge in [0.25, 0.3) is 0 Å². The van der Waals surface area contributed by atoms with Crippen LogP contribution >= 0.6 is 0 Å². The molecule has 0 bridgehead atoms. The summed E-state index contributed by atoms with van der Waals surface area (Å²) >= 11 is 0. The van der Waals surface area contributed by atoms with Crippen LogP contribution in [0.15, 0.2) is 12.2 Å². The van der Waals surface area contributed by atoms with Gasteiger partial charge in [-0.1, -0.05) is 19.1 Å². The molecule has 0 aliphatic heterocycles. The normalized spacial score (nSPS) is 39.6. The maximum absolute atomic E-state index is 10.9. The number of rotatable bonds is 0. The number of hydrogen-bond donors (Lipinski definition) is 0. The Morgan fingerprint density at radius 1 is 1.88 bits per heavy atom. The monoisotopic (exact) mass is 111 g/mol. The van der Waals surface area contributed by atoms with Gasteiger partial charge in [-0.3, -0.25) is 4.79 Å². The van der Waals surface area contributed by atoms with Crippen molar-refractivity contribution in [3.63, 3.8) is 0 Å². The van der Waals surface area contributed by atoms with Crippen LogP contribution in [0.5, 0.6) is 0 Å². The standard InChI is InChI=1S/C7H10O/c1-6-4-2-3-5-7(6)8/h2-3,6H,4-5H2,1H3/i5D. The van der Waals surface area contributed by atoms with Crippen LogP contribution in [0, 0.1) is 5.92 Å². The fourth-order valence-corrected chi connectivity index (χ4v) is 0.726. The molecular formula is C7H10O. The van der Waals surface area contributed by atoms with Crippen molar-refractivity contribution in [3.05, 3.63) is 12.2 Å². The molecule has 0 aromatic carbocycles. The maximum atomic E-state index is 10.9. The fourth-order valence-electron chi connectivity index (χ4n) is 0.726. The Balaban J connectivity index is 2.69. The topological polar surface area (TPSA) is 17.1 Å². The van der Waals surface area contributed by atoms with Crippen LogP contribution in [-0.2, 0) is 4.79 Å². The van der Waals surface area contributed by atoms with Gasteiger partial charge < -0.3 is 0 Å². The number of carbonyl (C=O) groups is 1. The number of allylic oxidation sites excluding steroid dienone is 2. The Hall–Kier alpha value is -0.590. The molecule has 1 nitrogen and oxygen atoms in total. The van der Waals surface area contributed by atoms with E-state index in [0.717, 1.165) is 6.42 Å². The molecule has 0 aromatic heterocycles. The molecule has 2 atom stereocenters. The third-order valence-electron chi connectivity index (χ3n) is 1.37. The molecule has 0 heterocycles. The summed E-state index contributed by atoms with van der Waals surface area (Å²) in [4.78, 5) is 10.9. The highest BCUT2D eigenvalue weighted by Gasteiger charge is 2.11. The lowest BCUT2D eigenvalue weighted by molar-refractivity contribution is -0.121. The zero-order chi connectivity index (χ0) is 6.85. The summed E-state index contributed by atoms with van der Waals surface area (Å²) in [6.45, 7) is 1.87. The first-order chi connectivity index (χ1) is 4.22. The summed E-state index contributed by atoms with van der Waals surface area (Å²) in [6.07, 6.45) is 3.79. The molecule has 1 aliphatic rings. The van der Waals surface area contributed by atoms with E-state index in [0.29, 0.717) is 0 Å². The lowest BCUT2D eigenvalue weighted by Gasteiger charge is -2.08. The Morgan fingerprint density at radius 2 is 2.62 bits per heavy atom. The Kier molecular flexibility index (Phi) is 1.14. The second-order valence-corrected chi connectivity index (χ2v) is 2.13. The van der Waals surface area contributed by atoms with Gasteiger partial charge in [-0.15, -0.1) is 0 Å². The van der Waals surface area contributed by atoms with E-state index in [9.17, 15) is 4.79 Å². The van der Waals surface area contributed by atoms with Crippen LogP contribution < -0.4 is 0 Å². The van der Waals surface area contributed by atoms with Gasteiger partial charge in [-0.05, 0) is 6.42 Å². The summed E-state index contributed by atoms with van der Waals surface area (Å²) in [5.74, 6) is 0.120. The molecule has 0 N–H and O–H groups in total. The van der Waals surface area contributed by atoms with E-state index < -0.39 is 6.40 Å². The fraction of sp³-hybridized carbons (Fsp3) is 0.571. The quantitative estimate of drug-likeness (QED) is 0.433. The van der Waals surface area contributed by atoms with Crippen molar-refractivity contribution >= 4 is 5.78 Å². The SMILES string of the molecule is [2H]C1C=CCC(C)C1=O. The average molecular weight is 111 g/mol. The molecule has 1 rings (SSSR count).